The molecule has 1 amide bonds. The summed E-state index contributed by atoms with van der Waals surface area (Å²) in [5, 5.41) is 21.0. The predicted octanol–water partition coefficient (Wildman–Crippen LogP) is 1.31. The highest BCUT2D eigenvalue weighted by molar-refractivity contribution is 6.03. The van der Waals surface area contributed by atoms with Crippen LogP contribution in [0.15, 0.2) is 30.4 Å². The van der Waals surface area contributed by atoms with Gasteiger partial charge in [-0.05, 0) is 12.1 Å². The van der Waals surface area contributed by atoms with E-state index >= 15 is 0 Å². The summed E-state index contributed by atoms with van der Waals surface area (Å²) in [4.78, 5) is 31.1. The number of benzene rings is 1. The van der Waals surface area contributed by atoms with Gasteiger partial charge < -0.3 is 10.4 Å². The standard InChI is InChI=1S/C10H7FN2O5/c11-6-1-2-7(8(5-6)13(17)18)12-9(14)3-4-10(15)16/h1-5H,(H,12,14)(H,15,16)/b4-3-. The number of aliphatic carboxylic acids is 1. The molecule has 0 saturated carbocycles. The zero-order valence-electron chi connectivity index (χ0n) is 8.79. The van der Waals surface area contributed by atoms with E-state index in [1.54, 1.807) is 0 Å². The molecule has 0 aliphatic rings. The van der Waals surface area contributed by atoms with Gasteiger partial charge in [0.25, 0.3) is 5.69 Å². The van der Waals surface area contributed by atoms with E-state index in [4.69, 9.17) is 5.11 Å². The Kier molecular flexibility index (Phi) is 4.08. The predicted molar refractivity (Wildman–Crippen MR) is 58.5 cm³/mol. The van der Waals surface area contributed by atoms with Gasteiger partial charge in [-0.1, -0.05) is 0 Å². The maximum Gasteiger partial charge on any atom is 0.328 e. The largest absolute Gasteiger partial charge is 0.478 e. The summed E-state index contributed by atoms with van der Waals surface area (Å²) in [6.45, 7) is 0. The number of nitro benzene ring substituents is 1. The van der Waals surface area contributed by atoms with Crippen molar-refractivity contribution in [3.8, 4) is 0 Å². The molecule has 0 fully saturated rings. The number of carboxylic acid groups (broad SMARTS) is 1. The summed E-state index contributed by atoms with van der Waals surface area (Å²) < 4.78 is 12.8. The number of nitro groups is 1. The first kappa shape index (κ1) is 13.3. The normalized spacial score (nSPS) is 10.3. The van der Waals surface area contributed by atoms with Gasteiger partial charge in [0.05, 0.1) is 11.0 Å². The van der Waals surface area contributed by atoms with E-state index in [-0.39, 0.29) is 5.69 Å². The minimum Gasteiger partial charge on any atom is -0.478 e. The number of nitrogens with zero attached hydrogens (tertiary/aromatic N) is 1. The van der Waals surface area contributed by atoms with Gasteiger partial charge in [0.2, 0.25) is 5.91 Å². The van der Waals surface area contributed by atoms with Gasteiger partial charge in [-0.3, -0.25) is 14.9 Å². The molecule has 0 aliphatic carbocycles. The van der Waals surface area contributed by atoms with Gasteiger partial charge in [-0.2, -0.15) is 0 Å². The van der Waals surface area contributed by atoms with Crippen LogP contribution in [-0.4, -0.2) is 21.9 Å². The van der Waals surface area contributed by atoms with Gasteiger partial charge in [0.1, 0.15) is 11.5 Å². The van der Waals surface area contributed by atoms with E-state index in [1.807, 2.05) is 0 Å². The summed E-state index contributed by atoms with van der Waals surface area (Å²) in [6, 6.07) is 2.60. The molecule has 0 saturated heterocycles. The molecule has 8 heteroatoms. The average molecular weight is 254 g/mol. The monoisotopic (exact) mass is 254 g/mol. The molecule has 0 aliphatic heterocycles. The molecule has 94 valence electrons. The molecule has 0 unspecified atom stereocenters. The van der Waals surface area contributed by atoms with Crippen LogP contribution in [-0.2, 0) is 9.59 Å². The van der Waals surface area contributed by atoms with Crippen molar-refractivity contribution in [2.75, 3.05) is 5.32 Å². The molecule has 7 nitrogen and oxygen atoms in total. The van der Waals surface area contributed by atoms with E-state index in [0.29, 0.717) is 18.2 Å². The van der Waals surface area contributed by atoms with Gasteiger partial charge >= 0.3 is 5.97 Å². The van der Waals surface area contributed by atoms with Crippen molar-refractivity contribution >= 4 is 23.3 Å². The zero-order valence-corrected chi connectivity index (χ0v) is 8.79. The number of anilines is 1. The lowest BCUT2D eigenvalue weighted by atomic mass is 10.2. The summed E-state index contributed by atoms with van der Waals surface area (Å²) in [6.07, 6.45) is 1.26. The van der Waals surface area contributed by atoms with Crippen molar-refractivity contribution < 1.29 is 24.0 Å². The van der Waals surface area contributed by atoms with Crippen LogP contribution in [0.2, 0.25) is 0 Å². The molecule has 0 bridgehead atoms. The molecular weight excluding hydrogens is 247 g/mol. The lowest BCUT2D eigenvalue weighted by Crippen LogP contribution is -2.10. The maximum absolute atomic E-state index is 12.8. The van der Waals surface area contributed by atoms with Crippen LogP contribution < -0.4 is 5.32 Å². The zero-order chi connectivity index (χ0) is 13.7. The quantitative estimate of drug-likeness (QED) is 0.478. The lowest BCUT2D eigenvalue weighted by Gasteiger charge is -2.03. The fourth-order valence-corrected chi connectivity index (χ4v) is 1.08. The van der Waals surface area contributed by atoms with Crippen molar-refractivity contribution in [2.45, 2.75) is 0 Å². The Morgan fingerprint density at radius 2 is 2.06 bits per heavy atom. The van der Waals surface area contributed by atoms with Crippen molar-refractivity contribution in [3.05, 3.63) is 46.3 Å². The third-order valence-electron chi connectivity index (χ3n) is 1.79. The van der Waals surface area contributed by atoms with E-state index in [2.05, 4.69) is 5.32 Å². The van der Waals surface area contributed by atoms with Crippen LogP contribution in [0.3, 0.4) is 0 Å². The highest BCUT2D eigenvalue weighted by atomic mass is 19.1. The number of nitrogens with one attached hydrogen (secondary N) is 1. The number of rotatable bonds is 4. The Balaban J connectivity index is 2.94. The van der Waals surface area contributed by atoms with Crippen LogP contribution in [0.1, 0.15) is 0 Å². The number of halogens is 1. The third kappa shape index (κ3) is 3.67. The highest BCUT2D eigenvalue weighted by Crippen LogP contribution is 2.24. The van der Waals surface area contributed by atoms with Crippen molar-refractivity contribution in [3.63, 3.8) is 0 Å². The molecule has 0 atom stereocenters. The van der Waals surface area contributed by atoms with Crippen LogP contribution in [0.5, 0.6) is 0 Å². The first-order valence-electron chi connectivity index (χ1n) is 4.56. The van der Waals surface area contributed by atoms with Gasteiger partial charge in [0, 0.05) is 12.2 Å². The summed E-state index contributed by atoms with van der Waals surface area (Å²) in [5.41, 5.74) is -0.839. The second-order valence-electron chi connectivity index (χ2n) is 3.08. The lowest BCUT2D eigenvalue weighted by molar-refractivity contribution is -0.384. The number of hydrogen-bond acceptors (Lipinski definition) is 4. The van der Waals surface area contributed by atoms with Crippen LogP contribution >= 0.6 is 0 Å². The first-order chi connectivity index (χ1) is 8.40. The highest BCUT2D eigenvalue weighted by Gasteiger charge is 2.16. The molecule has 1 aromatic carbocycles. The topological polar surface area (TPSA) is 110 Å². The average Bonchev–Trinajstić information content (AvgIpc) is 2.28. The van der Waals surface area contributed by atoms with Gasteiger partial charge in [-0.25, -0.2) is 9.18 Å². The van der Waals surface area contributed by atoms with Crippen molar-refractivity contribution in [1.82, 2.24) is 0 Å². The SMILES string of the molecule is O=C(O)/C=C\C(=O)Nc1ccc(F)cc1[N+](=O)[O-]. The molecular formula is C10H7FN2O5. The minimum absolute atomic E-state index is 0.221. The van der Waals surface area contributed by atoms with Gasteiger partial charge in [-0.15, -0.1) is 0 Å². The molecule has 0 aromatic heterocycles. The molecule has 0 spiro atoms. The number of amides is 1. The minimum atomic E-state index is -1.33. The number of carbonyl (C=O) groups excluding carboxylic acids is 1. The van der Waals surface area contributed by atoms with Gasteiger partial charge in [0.15, 0.2) is 0 Å². The number of carboxylic acids is 1. The van der Waals surface area contributed by atoms with Crippen LogP contribution in [0.4, 0.5) is 15.8 Å². The summed E-state index contributed by atoms with van der Waals surface area (Å²) in [5.74, 6) is -3.02. The Labute approximate surface area is 99.7 Å². The van der Waals surface area contributed by atoms with Crippen molar-refractivity contribution in [2.24, 2.45) is 0 Å². The molecule has 1 rings (SSSR count). The van der Waals surface area contributed by atoms with Crippen LogP contribution in [0, 0.1) is 15.9 Å². The fourth-order valence-electron chi connectivity index (χ4n) is 1.08. The Hall–Kier alpha value is -2.77. The Morgan fingerprint density at radius 3 is 2.61 bits per heavy atom. The van der Waals surface area contributed by atoms with Crippen LogP contribution in [0.25, 0.3) is 0 Å². The Bertz CT molecular complexity index is 541. The first-order valence-corrected chi connectivity index (χ1v) is 4.56. The molecule has 0 heterocycles. The number of carbonyl (C=O) groups is 2. The maximum atomic E-state index is 12.8. The van der Waals surface area contributed by atoms with Crippen molar-refractivity contribution in [1.29, 1.82) is 0 Å². The molecule has 1 aromatic rings. The Morgan fingerprint density at radius 1 is 1.39 bits per heavy atom. The summed E-state index contributed by atoms with van der Waals surface area (Å²) in [7, 11) is 0. The molecule has 0 radical (unpaired) electrons. The second-order valence-corrected chi connectivity index (χ2v) is 3.08. The second kappa shape index (κ2) is 5.53. The molecule has 2 N–H and O–H groups in total. The summed E-state index contributed by atoms with van der Waals surface area (Å²) >= 11 is 0. The van der Waals surface area contributed by atoms with E-state index in [1.165, 1.54) is 0 Å². The van der Waals surface area contributed by atoms with E-state index in [9.17, 15) is 24.1 Å². The smallest absolute Gasteiger partial charge is 0.328 e. The molecule has 18 heavy (non-hydrogen) atoms. The van der Waals surface area contributed by atoms with E-state index in [0.717, 1.165) is 12.1 Å². The fraction of sp³-hybridized carbons (Fsp3) is 0. The van der Waals surface area contributed by atoms with E-state index < -0.39 is 28.3 Å². The number of hydrogen-bond donors (Lipinski definition) is 2. The third-order valence-corrected chi connectivity index (χ3v) is 1.79.